The Kier molecular flexibility index (Phi) is 8.04. The third-order valence-corrected chi connectivity index (χ3v) is 5.40. The molecule has 0 bridgehead atoms. The maximum absolute atomic E-state index is 13.3. The minimum absolute atomic E-state index is 0.126. The first kappa shape index (κ1) is 22.8. The van der Waals surface area contributed by atoms with Gasteiger partial charge in [-0.25, -0.2) is 9.50 Å². The summed E-state index contributed by atoms with van der Waals surface area (Å²) in [4.78, 5) is 20.2. The van der Waals surface area contributed by atoms with E-state index in [0.717, 1.165) is 61.4 Å². The van der Waals surface area contributed by atoms with Gasteiger partial charge in [-0.05, 0) is 32.8 Å². The topological polar surface area (TPSA) is 59.7 Å². The van der Waals surface area contributed by atoms with Gasteiger partial charge in [-0.15, -0.1) is 5.10 Å². The summed E-state index contributed by atoms with van der Waals surface area (Å²) < 4.78 is 7.38. The fraction of sp³-hybridized carbons (Fsp3) is 0.480. The molecule has 1 aromatic carbocycles. The molecule has 2 aromatic heterocycles. The maximum atomic E-state index is 13.3. The van der Waals surface area contributed by atoms with Crippen LogP contribution in [0, 0.1) is 6.92 Å². The van der Waals surface area contributed by atoms with Crippen molar-refractivity contribution < 1.29 is 9.53 Å². The number of ether oxygens (including phenoxy) is 1. The summed E-state index contributed by atoms with van der Waals surface area (Å²) in [7, 11) is 0. The van der Waals surface area contributed by atoms with Crippen molar-refractivity contribution in [3.05, 3.63) is 47.7 Å². The highest BCUT2D eigenvalue weighted by Gasteiger charge is 2.21. The summed E-state index contributed by atoms with van der Waals surface area (Å²) in [6.07, 6.45) is 4.43. The second kappa shape index (κ2) is 10.9. The monoisotopic (exact) mass is 422 g/mol. The lowest BCUT2D eigenvalue weighted by Crippen LogP contribution is -2.34. The number of carbonyl (C=O) groups is 1. The van der Waals surface area contributed by atoms with Crippen molar-refractivity contribution in [1.29, 1.82) is 0 Å². The second-order valence-corrected chi connectivity index (χ2v) is 7.91. The van der Waals surface area contributed by atoms with Gasteiger partial charge < -0.3 is 9.64 Å². The lowest BCUT2D eigenvalue weighted by atomic mass is 10.1. The molecule has 0 aliphatic rings. The van der Waals surface area contributed by atoms with Gasteiger partial charge in [0.25, 0.3) is 0 Å². The lowest BCUT2D eigenvalue weighted by molar-refractivity contribution is -0.130. The number of imidazole rings is 1. The minimum atomic E-state index is 0.126. The summed E-state index contributed by atoms with van der Waals surface area (Å²) in [5.74, 6) is 0.658. The minimum Gasteiger partial charge on any atom is -0.477 e. The summed E-state index contributed by atoms with van der Waals surface area (Å²) in [6, 6.07) is 12.0. The SMILES string of the molecule is CCCCN(CCCC)C(=O)Cc1c(-c2ccc(C)cc2)nc2ccc(OCC)nn12. The number of fused-ring (bicyclic) bond motifs is 1. The van der Waals surface area contributed by atoms with Gasteiger partial charge >= 0.3 is 0 Å². The van der Waals surface area contributed by atoms with Gasteiger partial charge in [0.1, 0.15) is 0 Å². The van der Waals surface area contributed by atoms with Crippen LogP contribution in [0.25, 0.3) is 16.9 Å². The number of unbranched alkanes of at least 4 members (excludes halogenated alkanes) is 2. The van der Waals surface area contributed by atoms with Crippen molar-refractivity contribution in [3.63, 3.8) is 0 Å². The lowest BCUT2D eigenvalue weighted by Gasteiger charge is -2.22. The zero-order valence-electron chi connectivity index (χ0n) is 19.2. The summed E-state index contributed by atoms with van der Waals surface area (Å²) in [5.41, 5.74) is 4.51. The van der Waals surface area contributed by atoms with E-state index in [0.29, 0.717) is 12.5 Å². The molecule has 31 heavy (non-hydrogen) atoms. The van der Waals surface area contributed by atoms with Gasteiger partial charge in [0.2, 0.25) is 11.8 Å². The number of nitrogens with zero attached hydrogens (tertiary/aromatic N) is 4. The van der Waals surface area contributed by atoms with Crippen LogP contribution in [-0.2, 0) is 11.2 Å². The standard InChI is InChI=1S/C25H34N4O2/c1-5-8-16-28(17-9-6-2)24(30)18-21-25(20-12-10-19(4)11-13-20)26-22-14-15-23(31-7-3)27-29(21)22/h10-15H,5-9,16-18H2,1-4H3. The molecule has 6 nitrogen and oxygen atoms in total. The van der Waals surface area contributed by atoms with Gasteiger partial charge in [-0.2, -0.15) is 0 Å². The molecule has 0 fully saturated rings. The van der Waals surface area contributed by atoms with Crippen LogP contribution in [0.1, 0.15) is 57.7 Å². The van der Waals surface area contributed by atoms with E-state index in [4.69, 9.17) is 9.72 Å². The average molecular weight is 423 g/mol. The Morgan fingerprint density at radius 3 is 2.29 bits per heavy atom. The summed E-state index contributed by atoms with van der Waals surface area (Å²) >= 11 is 0. The highest BCUT2D eigenvalue weighted by molar-refractivity contribution is 5.81. The Hall–Kier alpha value is -2.89. The number of hydrogen-bond acceptors (Lipinski definition) is 4. The maximum Gasteiger partial charge on any atom is 0.231 e. The van der Waals surface area contributed by atoms with Crippen LogP contribution >= 0.6 is 0 Å². The number of carbonyl (C=O) groups excluding carboxylic acids is 1. The number of benzene rings is 1. The first-order valence-corrected chi connectivity index (χ1v) is 11.4. The molecule has 2 heterocycles. The van der Waals surface area contributed by atoms with E-state index in [-0.39, 0.29) is 12.3 Å². The molecule has 0 spiro atoms. The normalized spacial score (nSPS) is 11.1. The van der Waals surface area contributed by atoms with Crippen molar-refractivity contribution in [3.8, 4) is 17.1 Å². The zero-order chi connectivity index (χ0) is 22.2. The average Bonchev–Trinajstić information content (AvgIpc) is 3.12. The van der Waals surface area contributed by atoms with Crippen LogP contribution in [-0.4, -0.2) is 45.1 Å². The Morgan fingerprint density at radius 1 is 1.00 bits per heavy atom. The molecule has 0 saturated carbocycles. The van der Waals surface area contributed by atoms with E-state index in [2.05, 4.69) is 50.1 Å². The molecule has 0 aliphatic heterocycles. The van der Waals surface area contributed by atoms with Crippen LogP contribution in [0.2, 0.25) is 0 Å². The first-order valence-electron chi connectivity index (χ1n) is 11.4. The van der Waals surface area contributed by atoms with E-state index in [1.165, 1.54) is 5.56 Å². The number of amides is 1. The van der Waals surface area contributed by atoms with E-state index in [1.54, 1.807) is 4.52 Å². The van der Waals surface area contributed by atoms with Gasteiger partial charge in [-0.1, -0.05) is 56.5 Å². The molecule has 0 N–H and O–H groups in total. The number of aromatic nitrogens is 3. The Balaban J connectivity index is 2.02. The van der Waals surface area contributed by atoms with E-state index in [9.17, 15) is 4.79 Å². The molecular weight excluding hydrogens is 388 g/mol. The molecular formula is C25H34N4O2. The van der Waals surface area contributed by atoms with Gasteiger partial charge in [0, 0.05) is 24.7 Å². The molecule has 0 aliphatic carbocycles. The van der Waals surface area contributed by atoms with Crippen LogP contribution < -0.4 is 4.74 Å². The van der Waals surface area contributed by atoms with Gasteiger partial charge in [0.05, 0.1) is 24.4 Å². The summed E-state index contributed by atoms with van der Waals surface area (Å²) in [6.45, 7) is 10.4. The van der Waals surface area contributed by atoms with Crippen molar-refractivity contribution in [1.82, 2.24) is 19.5 Å². The number of aryl methyl sites for hydroxylation is 1. The highest BCUT2D eigenvalue weighted by Crippen LogP contribution is 2.26. The molecule has 1 amide bonds. The smallest absolute Gasteiger partial charge is 0.231 e. The fourth-order valence-electron chi connectivity index (χ4n) is 3.60. The van der Waals surface area contributed by atoms with Crippen LogP contribution in [0.3, 0.4) is 0 Å². The molecule has 166 valence electrons. The van der Waals surface area contributed by atoms with E-state index in [1.807, 2.05) is 24.0 Å². The zero-order valence-corrected chi connectivity index (χ0v) is 19.2. The number of hydrogen-bond donors (Lipinski definition) is 0. The van der Waals surface area contributed by atoms with Crippen molar-refractivity contribution in [2.75, 3.05) is 19.7 Å². The Bertz CT molecular complexity index is 987. The fourth-order valence-corrected chi connectivity index (χ4v) is 3.60. The molecule has 0 unspecified atom stereocenters. The predicted octanol–water partition coefficient (Wildman–Crippen LogP) is 5.07. The van der Waals surface area contributed by atoms with E-state index < -0.39 is 0 Å². The highest BCUT2D eigenvalue weighted by atomic mass is 16.5. The molecule has 0 saturated heterocycles. The third kappa shape index (κ3) is 5.63. The van der Waals surface area contributed by atoms with Crippen molar-refractivity contribution in [2.45, 2.75) is 59.8 Å². The number of rotatable bonds is 11. The molecule has 6 heteroatoms. The van der Waals surface area contributed by atoms with Gasteiger partial charge in [-0.3, -0.25) is 4.79 Å². The summed E-state index contributed by atoms with van der Waals surface area (Å²) in [5, 5.41) is 4.63. The van der Waals surface area contributed by atoms with Crippen LogP contribution in [0.5, 0.6) is 5.88 Å². The quantitative estimate of drug-likeness (QED) is 0.433. The predicted molar refractivity (Wildman–Crippen MR) is 124 cm³/mol. The molecule has 0 radical (unpaired) electrons. The molecule has 3 aromatic rings. The molecule has 0 atom stereocenters. The van der Waals surface area contributed by atoms with Gasteiger partial charge in [0.15, 0.2) is 5.65 Å². The van der Waals surface area contributed by atoms with Crippen LogP contribution in [0.15, 0.2) is 36.4 Å². The van der Waals surface area contributed by atoms with Crippen molar-refractivity contribution in [2.24, 2.45) is 0 Å². The second-order valence-electron chi connectivity index (χ2n) is 7.91. The third-order valence-electron chi connectivity index (χ3n) is 5.40. The first-order chi connectivity index (χ1) is 15.1. The molecule has 3 rings (SSSR count). The Morgan fingerprint density at radius 2 is 1.68 bits per heavy atom. The van der Waals surface area contributed by atoms with E-state index >= 15 is 0 Å². The van der Waals surface area contributed by atoms with Crippen LogP contribution in [0.4, 0.5) is 0 Å². The largest absolute Gasteiger partial charge is 0.477 e. The van der Waals surface area contributed by atoms with Crippen molar-refractivity contribution >= 4 is 11.6 Å². The Labute approximate surface area is 185 Å².